The van der Waals surface area contributed by atoms with Gasteiger partial charge in [0.15, 0.2) is 12.4 Å². The van der Waals surface area contributed by atoms with Gasteiger partial charge >= 0.3 is 0 Å². The van der Waals surface area contributed by atoms with Crippen molar-refractivity contribution in [2.45, 2.75) is 13.8 Å². The number of amides is 1. The van der Waals surface area contributed by atoms with Gasteiger partial charge in [-0.15, -0.1) is 0 Å². The molecule has 2 rings (SSSR count). The lowest BCUT2D eigenvalue weighted by molar-refractivity contribution is -0.118. The molecule has 0 unspecified atom stereocenters. The van der Waals surface area contributed by atoms with Gasteiger partial charge in [0.1, 0.15) is 5.75 Å². The van der Waals surface area contributed by atoms with Crippen molar-refractivity contribution in [1.29, 1.82) is 0 Å². The lowest BCUT2D eigenvalue weighted by atomic mass is 10.1. The molecule has 0 aliphatic heterocycles. The predicted molar refractivity (Wildman–Crippen MR) is 91.8 cm³/mol. The maximum Gasteiger partial charge on any atom is 0.262 e. The Hall–Kier alpha value is -2.04. The minimum atomic E-state index is -0.347. The summed E-state index contributed by atoms with van der Waals surface area (Å²) in [5.41, 5.74) is 1.73. The molecular formula is C17H15Cl2NO3. The Bertz CT molecular complexity index is 759. The summed E-state index contributed by atoms with van der Waals surface area (Å²) in [7, 11) is 0. The van der Waals surface area contributed by atoms with E-state index >= 15 is 0 Å². The van der Waals surface area contributed by atoms with E-state index in [4.69, 9.17) is 27.9 Å². The van der Waals surface area contributed by atoms with E-state index in [1.165, 1.54) is 13.0 Å². The van der Waals surface area contributed by atoms with Crippen LogP contribution in [-0.4, -0.2) is 18.3 Å². The minimum Gasteiger partial charge on any atom is -0.483 e. The predicted octanol–water partition coefficient (Wildman–Crippen LogP) is 4.52. The van der Waals surface area contributed by atoms with Crippen molar-refractivity contribution in [3.8, 4) is 5.75 Å². The third-order valence-electron chi connectivity index (χ3n) is 3.22. The molecular weight excluding hydrogens is 337 g/mol. The van der Waals surface area contributed by atoms with Crippen molar-refractivity contribution in [1.82, 2.24) is 0 Å². The standard InChI is InChI=1S/C17H15Cl2NO3/c1-10-14(19)4-3-5-15(10)20-17(22)9-23-16-7-6-12(18)8-13(16)11(2)21/h3-8H,9H2,1-2H3,(H,20,22). The highest BCUT2D eigenvalue weighted by Crippen LogP contribution is 2.24. The number of anilines is 1. The number of hydrogen-bond donors (Lipinski definition) is 1. The topological polar surface area (TPSA) is 55.4 Å². The second-order valence-electron chi connectivity index (χ2n) is 4.95. The van der Waals surface area contributed by atoms with E-state index in [1.807, 2.05) is 6.92 Å². The highest BCUT2D eigenvalue weighted by atomic mass is 35.5. The van der Waals surface area contributed by atoms with Gasteiger partial charge in [0.2, 0.25) is 0 Å². The number of hydrogen-bond acceptors (Lipinski definition) is 3. The summed E-state index contributed by atoms with van der Waals surface area (Å²) in [6, 6.07) is 9.93. The number of ketones is 1. The second-order valence-corrected chi connectivity index (χ2v) is 5.79. The van der Waals surface area contributed by atoms with E-state index in [9.17, 15) is 9.59 Å². The molecule has 2 aromatic carbocycles. The van der Waals surface area contributed by atoms with Gasteiger partial charge in [-0.25, -0.2) is 0 Å². The summed E-state index contributed by atoms with van der Waals surface area (Å²) in [5.74, 6) is -0.215. The second kappa shape index (κ2) is 7.49. The van der Waals surface area contributed by atoms with Gasteiger partial charge in [0.05, 0.1) is 5.56 Å². The SMILES string of the molecule is CC(=O)c1cc(Cl)ccc1OCC(=O)Nc1cccc(Cl)c1C. The van der Waals surface area contributed by atoms with Crippen LogP contribution >= 0.6 is 23.2 Å². The average molecular weight is 352 g/mol. The van der Waals surface area contributed by atoms with Crippen LogP contribution in [0.25, 0.3) is 0 Å². The lowest BCUT2D eigenvalue weighted by Crippen LogP contribution is -2.21. The van der Waals surface area contributed by atoms with Gasteiger partial charge in [-0.2, -0.15) is 0 Å². The van der Waals surface area contributed by atoms with E-state index in [0.717, 1.165) is 5.56 Å². The molecule has 4 nitrogen and oxygen atoms in total. The van der Waals surface area contributed by atoms with Gasteiger partial charge in [-0.1, -0.05) is 29.3 Å². The highest BCUT2D eigenvalue weighted by Gasteiger charge is 2.12. The van der Waals surface area contributed by atoms with E-state index in [2.05, 4.69) is 5.32 Å². The first kappa shape index (κ1) is 17.3. The number of carbonyl (C=O) groups excluding carboxylic acids is 2. The Kier molecular flexibility index (Phi) is 5.64. The molecule has 0 saturated heterocycles. The Morgan fingerprint density at radius 3 is 2.61 bits per heavy atom. The molecule has 0 aromatic heterocycles. The van der Waals surface area contributed by atoms with Crippen LogP contribution in [0.4, 0.5) is 5.69 Å². The number of rotatable bonds is 5. The van der Waals surface area contributed by atoms with Gasteiger partial charge in [-0.3, -0.25) is 9.59 Å². The Morgan fingerprint density at radius 2 is 1.91 bits per heavy atom. The van der Waals surface area contributed by atoms with Crippen LogP contribution in [0.5, 0.6) is 5.75 Å². The molecule has 0 aliphatic carbocycles. The fourth-order valence-electron chi connectivity index (χ4n) is 1.98. The zero-order chi connectivity index (χ0) is 17.0. The summed E-state index contributed by atoms with van der Waals surface area (Å²) >= 11 is 11.9. The average Bonchev–Trinajstić information content (AvgIpc) is 2.50. The van der Waals surface area contributed by atoms with Crippen molar-refractivity contribution in [2.75, 3.05) is 11.9 Å². The number of halogens is 2. The van der Waals surface area contributed by atoms with Gasteiger partial charge in [0, 0.05) is 15.7 Å². The van der Waals surface area contributed by atoms with Crippen molar-refractivity contribution >= 4 is 40.6 Å². The monoisotopic (exact) mass is 351 g/mol. The van der Waals surface area contributed by atoms with E-state index in [0.29, 0.717) is 27.0 Å². The summed E-state index contributed by atoms with van der Waals surface area (Å²) < 4.78 is 5.43. The smallest absolute Gasteiger partial charge is 0.262 e. The number of benzene rings is 2. The Morgan fingerprint density at radius 1 is 1.17 bits per heavy atom. The Labute approximate surface area is 144 Å². The zero-order valence-corrected chi connectivity index (χ0v) is 14.2. The molecule has 0 fully saturated rings. The molecule has 1 amide bonds. The first-order valence-corrected chi connectivity index (χ1v) is 7.62. The molecule has 23 heavy (non-hydrogen) atoms. The Balaban J connectivity index is 2.05. The normalized spacial score (nSPS) is 10.3. The van der Waals surface area contributed by atoms with Crippen molar-refractivity contribution in [3.05, 3.63) is 57.6 Å². The van der Waals surface area contributed by atoms with Crippen LogP contribution in [0.2, 0.25) is 10.0 Å². The number of Topliss-reactive ketones (excluding diaryl/α,β-unsaturated/α-hetero) is 1. The first-order chi connectivity index (χ1) is 10.9. The van der Waals surface area contributed by atoms with Gasteiger partial charge in [-0.05, 0) is 49.7 Å². The van der Waals surface area contributed by atoms with Crippen LogP contribution < -0.4 is 10.1 Å². The van der Waals surface area contributed by atoms with Crippen LogP contribution in [-0.2, 0) is 4.79 Å². The largest absolute Gasteiger partial charge is 0.483 e. The highest BCUT2D eigenvalue weighted by molar-refractivity contribution is 6.32. The molecule has 0 bridgehead atoms. The summed E-state index contributed by atoms with van der Waals surface area (Å²) in [5, 5.41) is 3.72. The summed E-state index contributed by atoms with van der Waals surface area (Å²) in [6.45, 7) is 2.99. The molecule has 0 heterocycles. The molecule has 1 N–H and O–H groups in total. The number of ether oxygens (including phenoxy) is 1. The van der Waals surface area contributed by atoms with E-state index in [-0.39, 0.29) is 18.3 Å². The van der Waals surface area contributed by atoms with E-state index in [1.54, 1.807) is 30.3 Å². The zero-order valence-electron chi connectivity index (χ0n) is 12.7. The molecule has 2 aromatic rings. The quantitative estimate of drug-likeness (QED) is 0.805. The fourth-order valence-corrected chi connectivity index (χ4v) is 2.32. The third kappa shape index (κ3) is 4.47. The fraction of sp³-hybridized carbons (Fsp3) is 0.176. The molecule has 6 heteroatoms. The van der Waals surface area contributed by atoms with Gasteiger partial charge in [0.25, 0.3) is 5.91 Å². The maximum absolute atomic E-state index is 12.0. The van der Waals surface area contributed by atoms with Crippen molar-refractivity contribution < 1.29 is 14.3 Å². The van der Waals surface area contributed by atoms with Crippen LogP contribution in [0.3, 0.4) is 0 Å². The van der Waals surface area contributed by atoms with Crippen LogP contribution in [0.1, 0.15) is 22.8 Å². The van der Waals surface area contributed by atoms with Crippen LogP contribution in [0, 0.1) is 6.92 Å². The molecule has 0 aliphatic rings. The molecule has 0 spiro atoms. The number of nitrogens with one attached hydrogen (secondary N) is 1. The number of carbonyl (C=O) groups is 2. The first-order valence-electron chi connectivity index (χ1n) is 6.86. The van der Waals surface area contributed by atoms with Crippen molar-refractivity contribution in [3.63, 3.8) is 0 Å². The maximum atomic E-state index is 12.0. The van der Waals surface area contributed by atoms with Crippen LogP contribution in [0.15, 0.2) is 36.4 Å². The molecule has 120 valence electrons. The summed E-state index contributed by atoms with van der Waals surface area (Å²) in [6.07, 6.45) is 0. The molecule has 0 atom stereocenters. The molecule has 0 radical (unpaired) electrons. The summed E-state index contributed by atoms with van der Waals surface area (Å²) in [4.78, 5) is 23.6. The van der Waals surface area contributed by atoms with Crippen molar-refractivity contribution in [2.24, 2.45) is 0 Å². The minimum absolute atomic E-state index is 0.186. The van der Waals surface area contributed by atoms with Gasteiger partial charge < -0.3 is 10.1 Å². The van der Waals surface area contributed by atoms with E-state index < -0.39 is 0 Å². The molecule has 0 saturated carbocycles. The lowest BCUT2D eigenvalue weighted by Gasteiger charge is -2.12. The third-order valence-corrected chi connectivity index (χ3v) is 3.87.